The van der Waals surface area contributed by atoms with Gasteiger partial charge in [-0.1, -0.05) is 6.20 Å². The van der Waals surface area contributed by atoms with Crippen molar-refractivity contribution in [1.29, 1.82) is 0 Å². The quantitative estimate of drug-likeness (QED) is 0.657. The Balaban J connectivity index is 0. The average molecular weight is 403 g/mol. The molecule has 3 heteroatoms. The molecular weight excluding hydrogens is 388 g/mol. The summed E-state index contributed by atoms with van der Waals surface area (Å²) in [6, 6.07) is 5.94. The summed E-state index contributed by atoms with van der Waals surface area (Å²) < 4.78 is 1.60. The molecule has 0 spiro atoms. The predicted molar refractivity (Wildman–Crippen MR) is 50.9 cm³/mol. The standard InChI is InChI=1S/C7H8NO.C3H7.U/c1-2-8-6-4-3-5-7(8)9;1-3-2;/h3,5-6H,2H2,1H3;3H,1-2H3;/q2*-1;+2. The Labute approximate surface area is 104 Å². The number of aromatic nitrogens is 1. The summed E-state index contributed by atoms with van der Waals surface area (Å²) in [4.78, 5) is 10.8. The van der Waals surface area contributed by atoms with Gasteiger partial charge >= 0.3 is 31.1 Å². The third-order valence-electron chi connectivity index (χ3n) is 1.18. The third-order valence-corrected chi connectivity index (χ3v) is 1.18. The molecule has 0 fully saturated rings. The molecule has 0 amide bonds. The molecule has 1 aromatic heterocycles. The summed E-state index contributed by atoms with van der Waals surface area (Å²) in [6.07, 6.45) is 3.66. The van der Waals surface area contributed by atoms with E-state index >= 15 is 0 Å². The smallest absolute Gasteiger partial charge is 0.349 e. The molecule has 13 heavy (non-hydrogen) atoms. The maximum atomic E-state index is 10.8. The Kier molecular flexibility index (Phi) is 12.0. The van der Waals surface area contributed by atoms with Crippen molar-refractivity contribution in [3.8, 4) is 0 Å². The van der Waals surface area contributed by atoms with E-state index in [1.54, 1.807) is 16.8 Å². The molecular formula is C10H15NOU. The molecule has 0 aliphatic rings. The van der Waals surface area contributed by atoms with Crippen LogP contribution in [0.2, 0.25) is 0 Å². The minimum absolute atomic E-state index is 0. The van der Waals surface area contributed by atoms with Crippen molar-refractivity contribution in [2.24, 2.45) is 0 Å². The van der Waals surface area contributed by atoms with E-state index in [-0.39, 0.29) is 36.7 Å². The molecule has 0 atom stereocenters. The first-order valence-corrected chi connectivity index (χ1v) is 4.06. The summed E-state index contributed by atoms with van der Waals surface area (Å²) in [5, 5.41) is 0. The van der Waals surface area contributed by atoms with Crippen molar-refractivity contribution >= 4 is 0 Å². The van der Waals surface area contributed by atoms with Gasteiger partial charge in [-0.05, 0) is 6.92 Å². The second-order valence-electron chi connectivity index (χ2n) is 2.33. The molecule has 0 aliphatic carbocycles. The van der Waals surface area contributed by atoms with Crippen molar-refractivity contribution in [3.05, 3.63) is 41.2 Å². The summed E-state index contributed by atoms with van der Waals surface area (Å²) >= 11 is 0. The van der Waals surface area contributed by atoms with Crippen LogP contribution in [0.3, 0.4) is 0 Å². The zero-order chi connectivity index (χ0) is 9.40. The van der Waals surface area contributed by atoms with Gasteiger partial charge in [-0.2, -0.15) is 13.8 Å². The first kappa shape index (κ1) is 15.5. The molecule has 0 saturated carbocycles. The van der Waals surface area contributed by atoms with Gasteiger partial charge in [0, 0.05) is 6.54 Å². The number of pyridine rings is 1. The molecule has 1 aromatic rings. The summed E-state index contributed by atoms with van der Waals surface area (Å²) in [6.45, 7) is 6.64. The second kappa shape index (κ2) is 10.1. The van der Waals surface area contributed by atoms with E-state index in [9.17, 15) is 4.79 Å². The van der Waals surface area contributed by atoms with E-state index in [0.717, 1.165) is 6.54 Å². The van der Waals surface area contributed by atoms with E-state index in [2.05, 4.69) is 6.07 Å². The van der Waals surface area contributed by atoms with Gasteiger partial charge in [-0.15, -0.1) is 6.07 Å². The number of nitrogens with zero attached hydrogens (tertiary/aromatic N) is 1. The Hall–Kier alpha value is 0.00195. The predicted octanol–water partition coefficient (Wildman–Crippen LogP) is 1.90. The van der Waals surface area contributed by atoms with Gasteiger partial charge in [0.2, 0.25) is 0 Å². The summed E-state index contributed by atoms with van der Waals surface area (Å²) in [5.74, 6) is 0. The summed E-state index contributed by atoms with van der Waals surface area (Å²) in [5.41, 5.74) is 0.0382. The van der Waals surface area contributed by atoms with Gasteiger partial charge in [-0.3, -0.25) is 4.79 Å². The van der Waals surface area contributed by atoms with Crippen molar-refractivity contribution in [3.63, 3.8) is 0 Å². The molecule has 0 N–H and O–H groups in total. The van der Waals surface area contributed by atoms with Crippen LogP contribution in [-0.4, -0.2) is 4.57 Å². The molecule has 70 valence electrons. The Bertz CT molecular complexity index is 257. The number of rotatable bonds is 1. The maximum absolute atomic E-state index is 10.8. The van der Waals surface area contributed by atoms with Gasteiger partial charge in [0.05, 0.1) is 0 Å². The van der Waals surface area contributed by atoms with E-state index < -0.39 is 0 Å². The van der Waals surface area contributed by atoms with Crippen LogP contribution in [-0.2, 0) is 6.54 Å². The van der Waals surface area contributed by atoms with Gasteiger partial charge in [0.15, 0.2) is 5.56 Å². The Morgan fingerprint density at radius 2 is 2.08 bits per heavy atom. The molecule has 0 unspecified atom stereocenters. The van der Waals surface area contributed by atoms with Crippen molar-refractivity contribution in [1.82, 2.24) is 4.57 Å². The van der Waals surface area contributed by atoms with Crippen LogP contribution in [0.25, 0.3) is 0 Å². The van der Waals surface area contributed by atoms with Crippen molar-refractivity contribution in [2.45, 2.75) is 27.3 Å². The molecule has 0 aliphatic heterocycles. The van der Waals surface area contributed by atoms with E-state index in [1.807, 2.05) is 27.2 Å². The van der Waals surface area contributed by atoms with Crippen LogP contribution in [0.5, 0.6) is 0 Å². The fourth-order valence-electron chi connectivity index (χ4n) is 0.659. The van der Waals surface area contributed by atoms with E-state index in [1.165, 1.54) is 6.07 Å². The molecule has 0 saturated heterocycles. The zero-order valence-corrected chi connectivity index (χ0v) is 12.5. The number of hydrogen-bond acceptors (Lipinski definition) is 1. The summed E-state index contributed by atoms with van der Waals surface area (Å²) in [7, 11) is 0. The third kappa shape index (κ3) is 7.10. The van der Waals surface area contributed by atoms with Crippen molar-refractivity contribution in [2.75, 3.05) is 0 Å². The SMILES string of the molecule is CCn1c[c-]ccc1=O.C[CH-]C.[U+2]. The topological polar surface area (TPSA) is 22.0 Å². The Morgan fingerprint density at radius 1 is 1.54 bits per heavy atom. The second-order valence-corrected chi connectivity index (χ2v) is 2.33. The van der Waals surface area contributed by atoms with Crippen LogP contribution in [0.15, 0.2) is 23.1 Å². The fourth-order valence-corrected chi connectivity index (χ4v) is 0.659. The van der Waals surface area contributed by atoms with Gasteiger partial charge in [-0.25, -0.2) is 12.1 Å². The maximum Gasteiger partial charge on any atom is 2.00 e. The molecule has 1 rings (SSSR count). The van der Waals surface area contributed by atoms with E-state index in [4.69, 9.17) is 0 Å². The fraction of sp³-hybridized carbons (Fsp3) is 0.400. The first-order valence-electron chi connectivity index (χ1n) is 4.06. The van der Waals surface area contributed by atoms with Crippen LogP contribution >= 0.6 is 0 Å². The van der Waals surface area contributed by atoms with Crippen LogP contribution in [0.4, 0.5) is 0 Å². The Morgan fingerprint density at radius 3 is 2.38 bits per heavy atom. The molecule has 0 radical (unpaired) electrons. The number of aryl methyl sites for hydroxylation is 1. The minimum atomic E-state index is 0. The van der Waals surface area contributed by atoms with Gasteiger partial charge < -0.3 is 11.0 Å². The molecule has 1 heterocycles. The molecule has 0 bridgehead atoms. The molecule has 2 nitrogen and oxygen atoms in total. The largest absolute Gasteiger partial charge is 2.00 e. The van der Waals surface area contributed by atoms with Gasteiger partial charge in [0.25, 0.3) is 0 Å². The normalized spacial score (nSPS) is 7.92. The van der Waals surface area contributed by atoms with E-state index in [0.29, 0.717) is 0 Å². The van der Waals surface area contributed by atoms with Crippen LogP contribution in [0, 0.1) is 43.6 Å². The monoisotopic (exact) mass is 403 g/mol. The van der Waals surface area contributed by atoms with Crippen LogP contribution < -0.4 is 5.56 Å². The molecule has 0 aromatic carbocycles. The van der Waals surface area contributed by atoms with Crippen molar-refractivity contribution < 1.29 is 31.1 Å². The minimum Gasteiger partial charge on any atom is -0.349 e. The van der Waals surface area contributed by atoms with Gasteiger partial charge in [0.1, 0.15) is 0 Å². The van der Waals surface area contributed by atoms with Crippen LogP contribution in [0.1, 0.15) is 20.8 Å². The average Bonchev–Trinajstić information content (AvgIpc) is 2.07. The first-order chi connectivity index (χ1) is 5.76. The zero-order valence-electron chi connectivity index (χ0n) is 8.37. The number of hydrogen-bond donors (Lipinski definition) is 0.